The number of aryl methyl sites for hydroxylation is 5. The Kier molecular flexibility index (Phi) is 8.01. The average molecular weight is 679 g/mol. The summed E-state index contributed by atoms with van der Waals surface area (Å²) in [5.41, 5.74) is 22.0. The molecule has 2 nitrogen and oxygen atoms in total. The van der Waals surface area contributed by atoms with Crippen molar-refractivity contribution in [1.82, 2.24) is 9.88 Å². The maximum absolute atomic E-state index is 3.60. The van der Waals surface area contributed by atoms with E-state index in [2.05, 4.69) is 161 Å². The van der Waals surface area contributed by atoms with E-state index >= 15 is 0 Å². The Balaban J connectivity index is 1.12. The minimum Gasteiger partial charge on any atom is -0.341 e. The largest absolute Gasteiger partial charge is 0.341 e. The Bertz CT molecular complexity index is 2470. The Morgan fingerprint density at radius 3 is 1.79 bits per heavy atom. The Morgan fingerprint density at radius 2 is 1.13 bits per heavy atom. The molecule has 2 heteroatoms. The second-order valence-corrected chi connectivity index (χ2v) is 15.7. The molecule has 1 fully saturated rings. The van der Waals surface area contributed by atoms with Gasteiger partial charge in [-0.05, 0) is 151 Å². The van der Waals surface area contributed by atoms with Crippen molar-refractivity contribution in [2.45, 2.75) is 84.7 Å². The van der Waals surface area contributed by atoms with E-state index in [9.17, 15) is 0 Å². The molecule has 0 spiro atoms. The van der Waals surface area contributed by atoms with Crippen LogP contribution in [0.4, 0.5) is 0 Å². The maximum Gasteiger partial charge on any atom is 0.0586 e. The predicted octanol–water partition coefficient (Wildman–Crippen LogP) is 12.9. The van der Waals surface area contributed by atoms with Crippen LogP contribution in [0.5, 0.6) is 0 Å². The van der Waals surface area contributed by atoms with Crippen LogP contribution in [0.1, 0.15) is 89.6 Å². The van der Waals surface area contributed by atoms with Crippen molar-refractivity contribution in [2.24, 2.45) is 0 Å². The van der Waals surface area contributed by atoms with E-state index in [1.807, 2.05) is 0 Å². The van der Waals surface area contributed by atoms with E-state index in [1.165, 1.54) is 132 Å². The first-order chi connectivity index (χ1) is 25.3. The van der Waals surface area contributed by atoms with Crippen LogP contribution in [0.2, 0.25) is 0 Å². The lowest BCUT2D eigenvalue weighted by Gasteiger charge is -2.40. The number of nitrogens with one attached hydrogen (secondary N) is 1. The van der Waals surface area contributed by atoms with Gasteiger partial charge in [0.15, 0.2) is 0 Å². The van der Waals surface area contributed by atoms with Gasteiger partial charge in [0, 0.05) is 33.8 Å². The summed E-state index contributed by atoms with van der Waals surface area (Å²) < 4.78 is 2.47. The molecule has 1 atom stereocenters. The zero-order valence-electron chi connectivity index (χ0n) is 31.7. The van der Waals surface area contributed by atoms with Crippen LogP contribution in [-0.4, -0.2) is 11.6 Å². The van der Waals surface area contributed by atoms with E-state index in [0.29, 0.717) is 0 Å². The van der Waals surface area contributed by atoms with Crippen molar-refractivity contribution in [3.05, 3.63) is 154 Å². The maximum atomic E-state index is 3.60. The number of rotatable bonds is 6. The first kappa shape index (κ1) is 33.0. The molecule has 1 aromatic heterocycles. The first-order valence-electron chi connectivity index (χ1n) is 19.5. The van der Waals surface area contributed by atoms with Gasteiger partial charge in [0.25, 0.3) is 0 Å². The minimum absolute atomic E-state index is 0.0236. The summed E-state index contributed by atoms with van der Waals surface area (Å²) in [5.74, 6) is 0. The van der Waals surface area contributed by atoms with Crippen LogP contribution in [0.15, 0.2) is 109 Å². The van der Waals surface area contributed by atoms with Gasteiger partial charge >= 0.3 is 0 Å². The van der Waals surface area contributed by atoms with E-state index < -0.39 is 0 Å². The SMILES string of the molecule is CCn1c2ccccc2c2ccc(-c3c(C)cc(C4(c5cc(C)c(-c6ccc7c(c6)C(NC)c6ccccc6-7)c(C)c5)CCCCC4)cc3C)cc21. The second-order valence-electron chi connectivity index (χ2n) is 15.7. The third-order valence-corrected chi connectivity index (χ3v) is 12.8. The Morgan fingerprint density at radius 1 is 0.577 bits per heavy atom. The molecule has 1 N–H and O–H groups in total. The summed E-state index contributed by atoms with van der Waals surface area (Å²) in [6.07, 6.45) is 6.27. The van der Waals surface area contributed by atoms with Gasteiger partial charge < -0.3 is 9.88 Å². The standard InChI is InChI=1S/C50H50N2/c1-7-52-45-18-12-11-16-41(45)42-22-20-36(30-46(42)52)48-33(4)27-38(28-34(48)5)50(23-13-8-14-24-50)37-25-31(2)47(32(3)26-37)35-19-21-40-39-15-9-10-17-43(39)49(51-6)44(40)29-35/h9-12,15-22,25-30,49,51H,7-8,13-14,23-24H2,1-6H3. The number of fused-ring (bicyclic) bond motifs is 6. The molecule has 1 heterocycles. The van der Waals surface area contributed by atoms with Gasteiger partial charge in [-0.15, -0.1) is 0 Å². The fourth-order valence-electron chi connectivity index (χ4n) is 10.5. The van der Waals surface area contributed by atoms with Gasteiger partial charge in [-0.25, -0.2) is 0 Å². The fourth-order valence-corrected chi connectivity index (χ4v) is 10.5. The Labute approximate surface area is 309 Å². The molecule has 52 heavy (non-hydrogen) atoms. The van der Waals surface area contributed by atoms with Gasteiger partial charge in [0.05, 0.1) is 6.04 Å². The third kappa shape index (κ3) is 4.95. The highest BCUT2D eigenvalue weighted by molar-refractivity contribution is 6.09. The topological polar surface area (TPSA) is 17.0 Å². The lowest BCUT2D eigenvalue weighted by atomic mass is 9.64. The molecule has 0 aliphatic heterocycles. The summed E-state index contributed by atoms with van der Waals surface area (Å²) in [4.78, 5) is 0. The highest BCUT2D eigenvalue weighted by Gasteiger charge is 2.37. The smallest absolute Gasteiger partial charge is 0.0586 e. The molecule has 260 valence electrons. The van der Waals surface area contributed by atoms with E-state index in [0.717, 1.165) is 6.54 Å². The molecule has 9 rings (SSSR count). The number of nitrogens with zero attached hydrogens (tertiary/aromatic N) is 1. The molecule has 2 aliphatic rings. The van der Waals surface area contributed by atoms with E-state index in [-0.39, 0.29) is 11.5 Å². The normalized spacial score (nSPS) is 16.4. The second kappa shape index (κ2) is 12.6. The zero-order valence-corrected chi connectivity index (χ0v) is 31.7. The molecular formula is C50H50N2. The zero-order chi connectivity index (χ0) is 35.7. The van der Waals surface area contributed by atoms with Crippen LogP contribution in [0, 0.1) is 27.7 Å². The molecule has 0 saturated heterocycles. The van der Waals surface area contributed by atoms with Crippen molar-refractivity contribution < 1.29 is 0 Å². The Hall–Kier alpha value is -4.92. The molecule has 1 saturated carbocycles. The molecule has 0 bridgehead atoms. The summed E-state index contributed by atoms with van der Waals surface area (Å²) in [6, 6.07) is 42.4. The highest BCUT2D eigenvalue weighted by Crippen LogP contribution is 2.49. The number of hydrogen-bond donors (Lipinski definition) is 1. The third-order valence-electron chi connectivity index (χ3n) is 12.8. The van der Waals surface area contributed by atoms with Crippen LogP contribution in [0.3, 0.4) is 0 Å². The minimum atomic E-state index is 0.0236. The number of aromatic nitrogens is 1. The van der Waals surface area contributed by atoms with Crippen molar-refractivity contribution >= 4 is 21.8 Å². The molecule has 0 amide bonds. The van der Waals surface area contributed by atoms with Gasteiger partial charge in [-0.2, -0.15) is 0 Å². The molecule has 0 radical (unpaired) electrons. The van der Waals surface area contributed by atoms with E-state index in [4.69, 9.17) is 0 Å². The monoisotopic (exact) mass is 678 g/mol. The van der Waals surface area contributed by atoms with Crippen molar-refractivity contribution in [1.29, 1.82) is 0 Å². The van der Waals surface area contributed by atoms with Crippen LogP contribution in [-0.2, 0) is 12.0 Å². The van der Waals surface area contributed by atoms with Gasteiger partial charge in [-0.1, -0.05) is 110 Å². The van der Waals surface area contributed by atoms with Gasteiger partial charge in [0.2, 0.25) is 0 Å². The summed E-state index contributed by atoms with van der Waals surface area (Å²) in [6.45, 7) is 12.6. The number of para-hydroxylation sites is 1. The van der Waals surface area contributed by atoms with Crippen molar-refractivity contribution in [3.63, 3.8) is 0 Å². The molecule has 1 unspecified atom stereocenters. The quantitative estimate of drug-likeness (QED) is 0.185. The lowest BCUT2D eigenvalue weighted by Crippen LogP contribution is -2.31. The van der Waals surface area contributed by atoms with Gasteiger partial charge in [-0.3, -0.25) is 0 Å². The van der Waals surface area contributed by atoms with Crippen molar-refractivity contribution in [3.8, 4) is 33.4 Å². The van der Waals surface area contributed by atoms with Crippen LogP contribution in [0.25, 0.3) is 55.2 Å². The van der Waals surface area contributed by atoms with Crippen LogP contribution < -0.4 is 5.32 Å². The van der Waals surface area contributed by atoms with Crippen LogP contribution >= 0.6 is 0 Å². The molecule has 2 aliphatic carbocycles. The number of benzene rings is 6. The van der Waals surface area contributed by atoms with Gasteiger partial charge in [0.1, 0.15) is 0 Å². The summed E-state index contributed by atoms with van der Waals surface area (Å²) in [5, 5.41) is 6.28. The summed E-state index contributed by atoms with van der Waals surface area (Å²) >= 11 is 0. The highest BCUT2D eigenvalue weighted by atomic mass is 15.0. The van der Waals surface area contributed by atoms with Crippen molar-refractivity contribution in [2.75, 3.05) is 7.05 Å². The molecular weight excluding hydrogens is 629 g/mol. The average Bonchev–Trinajstić information content (AvgIpc) is 3.65. The van der Waals surface area contributed by atoms with E-state index in [1.54, 1.807) is 0 Å². The predicted molar refractivity (Wildman–Crippen MR) is 222 cm³/mol. The molecule has 6 aromatic carbocycles. The molecule has 7 aromatic rings. The first-order valence-corrected chi connectivity index (χ1v) is 19.5. The summed E-state index contributed by atoms with van der Waals surface area (Å²) in [7, 11) is 2.08. The fraction of sp³-hybridized carbons (Fsp3) is 0.280. The lowest BCUT2D eigenvalue weighted by molar-refractivity contribution is 0.345. The number of hydrogen-bond acceptors (Lipinski definition) is 1.